The summed E-state index contributed by atoms with van der Waals surface area (Å²) in [6.45, 7) is 1.83. The molecule has 0 aliphatic heterocycles. The zero-order valence-corrected chi connectivity index (χ0v) is 13.8. The van der Waals surface area contributed by atoms with Crippen LogP contribution in [-0.4, -0.2) is 38.7 Å². The van der Waals surface area contributed by atoms with Crippen LogP contribution in [0.1, 0.15) is 5.82 Å². The van der Waals surface area contributed by atoms with Crippen LogP contribution in [0.5, 0.6) is 0 Å². The van der Waals surface area contributed by atoms with E-state index in [9.17, 15) is 8.42 Å². The predicted molar refractivity (Wildman–Crippen MR) is 89.3 cm³/mol. The molecule has 2 N–H and O–H groups in total. The molecule has 2 rings (SSSR count). The van der Waals surface area contributed by atoms with E-state index in [1.807, 2.05) is 32.0 Å². The predicted octanol–water partition coefficient (Wildman–Crippen LogP) is 1.97. The standard InChI is InChI=1S/C14H19N5O2S/c1-10-15-13(9-14(16-10)19(2)3)17-11-5-7-12(8-6-11)18-22(4,20)21/h5-9,18H,1-4H3,(H,15,16,17). The van der Waals surface area contributed by atoms with Crippen molar-refractivity contribution >= 4 is 33.0 Å². The van der Waals surface area contributed by atoms with Crippen LogP contribution in [0.3, 0.4) is 0 Å². The van der Waals surface area contributed by atoms with Gasteiger partial charge in [-0.05, 0) is 31.2 Å². The molecule has 0 aliphatic carbocycles. The van der Waals surface area contributed by atoms with Gasteiger partial charge in [0.25, 0.3) is 0 Å². The van der Waals surface area contributed by atoms with Crippen LogP contribution in [0.25, 0.3) is 0 Å². The second-order valence-corrected chi connectivity index (χ2v) is 6.88. The van der Waals surface area contributed by atoms with Crippen LogP contribution < -0.4 is 14.9 Å². The number of hydrogen-bond acceptors (Lipinski definition) is 6. The lowest BCUT2D eigenvalue weighted by Crippen LogP contribution is -2.12. The molecule has 22 heavy (non-hydrogen) atoms. The molecule has 8 heteroatoms. The summed E-state index contributed by atoms with van der Waals surface area (Å²) in [5, 5.41) is 3.18. The molecule has 118 valence electrons. The van der Waals surface area contributed by atoms with Crippen LogP contribution in [0.15, 0.2) is 30.3 Å². The SMILES string of the molecule is Cc1nc(Nc2ccc(NS(C)(=O)=O)cc2)cc(N(C)C)n1. The first-order valence-electron chi connectivity index (χ1n) is 6.61. The average Bonchev–Trinajstić information content (AvgIpc) is 2.38. The quantitative estimate of drug-likeness (QED) is 0.875. The van der Waals surface area contributed by atoms with E-state index >= 15 is 0 Å². The van der Waals surface area contributed by atoms with E-state index in [2.05, 4.69) is 20.0 Å². The number of sulfonamides is 1. The second kappa shape index (κ2) is 6.18. The number of nitrogens with one attached hydrogen (secondary N) is 2. The molecule has 7 nitrogen and oxygen atoms in total. The lowest BCUT2D eigenvalue weighted by Gasteiger charge is -2.14. The Morgan fingerprint density at radius 1 is 1.05 bits per heavy atom. The van der Waals surface area contributed by atoms with Crippen LogP contribution >= 0.6 is 0 Å². The maximum absolute atomic E-state index is 11.2. The highest BCUT2D eigenvalue weighted by atomic mass is 32.2. The van der Waals surface area contributed by atoms with E-state index in [1.54, 1.807) is 24.3 Å². The van der Waals surface area contributed by atoms with Crippen LogP contribution in [0, 0.1) is 6.92 Å². The average molecular weight is 321 g/mol. The van der Waals surface area contributed by atoms with Gasteiger partial charge in [0.15, 0.2) is 0 Å². The van der Waals surface area contributed by atoms with Crippen molar-refractivity contribution in [3.8, 4) is 0 Å². The van der Waals surface area contributed by atoms with Crippen molar-refractivity contribution < 1.29 is 8.42 Å². The molecule has 0 bridgehead atoms. The van der Waals surface area contributed by atoms with Crippen molar-refractivity contribution in [3.05, 3.63) is 36.2 Å². The molecule has 1 aromatic carbocycles. The molecule has 0 spiro atoms. The van der Waals surface area contributed by atoms with Gasteiger partial charge in [0.2, 0.25) is 10.0 Å². The second-order valence-electron chi connectivity index (χ2n) is 5.13. The van der Waals surface area contributed by atoms with Crippen LogP contribution in [-0.2, 0) is 10.0 Å². The number of benzene rings is 1. The van der Waals surface area contributed by atoms with Gasteiger partial charge in [0.1, 0.15) is 17.5 Å². The van der Waals surface area contributed by atoms with E-state index in [-0.39, 0.29) is 0 Å². The van der Waals surface area contributed by atoms with Gasteiger partial charge in [-0.25, -0.2) is 18.4 Å². The minimum atomic E-state index is -3.27. The fourth-order valence-electron chi connectivity index (χ4n) is 1.83. The Labute approximate surface area is 130 Å². The zero-order chi connectivity index (χ0) is 16.3. The molecule has 0 aliphatic rings. The van der Waals surface area contributed by atoms with Gasteiger partial charge < -0.3 is 10.2 Å². The molecule has 0 fully saturated rings. The summed E-state index contributed by atoms with van der Waals surface area (Å²) in [6, 6.07) is 8.77. The number of anilines is 4. The number of rotatable bonds is 5. The summed E-state index contributed by atoms with van der Waals surface area (Å²) in [7, 11) is 0.562. The Morgan fingerprint density at radius 3 is 2.18 bits per heavy atom. The van der Waals surface area contributed by atoms with Gasteiger partial charge in [-0.15, -0.1) is 0 Å². The highest BCUT2D eigenvalue weighted by Gasteiger charge is 2.05. The molecule has 0 unspecified atom stereocenters. The largest absolute Gasteiger partial charge is 0.363 e. The van der Waals surface area contributed by atoms with Crippen LogP contribution in [0.4, 0.5) is 23.0 Å². The topological polar surface area (TPSA) is 87.2 Å². The first kappa shape index (κ1) is 16.0. The van der Waals surface area contributed by atoms with Crippen molar-refractivity contribution in [1.29, 1.82) is 0 Å². The fourth-order valence-corrected chi connectivity index (χ4v) is 2.39. The summed E-state index contributed by atoms with van der Waals surface area (Å²) in [5.41, 5.74) is 1.32. The van der Waals surface area contributed by atoms with Crippen molar-refractivity contribution in [2.45, 2.75) is 6.92 Å². The lowest BCUT2D eigenvalue weighted by molar-refractivity contribution is 0.607. The molecule has 0 saturated heterocycles. The molecule has 0 amide bonds. The maximum atomic E-state index is 11.2. The number of hydrogen-bond donors (Lipinski definition) is 2. The maximum Gasteiger partial charge on any atom is 0.229 e. The van der Waals surface area contributed by atoms with Crippen LogP contribution in [0.2, 0.25) is 0 Å². The van der Waals surface area contributed by atoms with E-state index in [4.69, 9.17) is 0 Å². The summed E-state index contributed by atoms with van der Waals surface area (Å²) in [5.74, 6) is 2.16. The molecule has 0 radical (unpaired) electrons. The van der Waals surface area contributed by atoms with Gasteiger partial charge in [0, 0.05) is 31.5 Å². The third kappa shape index (κ3) is 4.59. The summed E-state index contributed by atoms with van der Waals surface area (Å²) in [6.07, 6.45) is 1.12. The van der Waals surface area contributed by atoms with Gasteiger partial charge >= 0.3 is 0 Å². The summed E-state index contributed by atoms with van der Waals surface area (Å²) in [4.78, 5) is 10.6. The smallest absolute Gasteiger partial charge is 0.229 e. The van der Waals surface area contributed by atoms with E-state index in [0.29, 0.717) is 17.3 Å². The third-order valence-corrected chi connectivity index (χ3v) is 3.35. The fraction of sp³-hybridized carbons (Fsp3) is 0.286. The molecular formula is C14H19N5O2S. The Bertz CT molecular complexity index is 757. The molecule has 0 saturated carbocycles. The molecule has 0 atom stereocenters. The Morgan fingerprint density at radius 2 is 1.64 bits per heavy atom. The summed E-state index contributed by atoms with van der Waals surface area (Å²) >= 11 is 0. The van der Waals surface area contributed by atoms with Gasteiger partial charge in [-0.2, -0.15) is 0 Å². The van der Waals surface area contributed by atoms with E-state index in [1.165, 1.54) is 0 Å². The minimum absolute atomic E-state index is 0.515. The van der Waals surface area contributed by atoms with E-state index < -0.39 is 10.0 Å². The Kier molecular flexibility index (Phi) is 4.51. The lowest BCUT2D eigenvalue weighted by atomic mass is 10.3. The highest BCUT2D eigenvalue weighted by molar-refractivity contribution is 7.92. The molecule has 1 heterocycles. The van der Waals surface area contributed by atoms with Gasteiger partial charge in [-0.3, -0.25) is 4.72 Å². The number of nitrogens with zero attached hydrogens (tertiary/aromatic N) is 3. The van der Waals surface area contributed by atoms with Crippen molar-refractivity contribution in [3.63, 3.8) is 0 Å². The Hall–Kier alpha value is -2.35. The minimum Gasteiger partial charge on any atom is -0.363 e. The molecule has 2 aromatic rings. The van der Waals surface area contributed by atoms with E-state index in [0.717, 1.165) is 17.8 Å². The first-order chi connectivity index (χ1) is 10.2. The van der Waals surface area contributed by atoms with Crippen molar-refractivity contribution in [1.82, 2.24) is 9.97 Å². The number of aryl methyl sites for hydroxylation is 1. The number of aromatic nitrogens is 2. The Balaban J connectivity index is 2.17. The first-order valence-corrected chi connectivity index (χ1v) is 8.50. The van der Waals surface area contributed by atoms with Crippen molar-refractivity contribution in [2.75, 3.05) is 35.3 Å². The summed E-state index contributed by atoms with van der Waals surface area (Å²) < 4.78 is 24.8. The zero-order valence-electron chi connectivity index (χ0n) is 13.0. The normalized spacial score (nSPS) is 11.1. The highest BCUT2D eigenvalue weighted by Crippen LogP contribution is 2.20. The molecule has 1 aromatic heterocycles. The van der Waals surface area contributed by atoms with Gasteiger partial charge in [-0.1, -0.05) is 0 Å². The third-order valence-electron chi connectivity index (χ3n) is 2.74. The van der Waals surface area contributed by atoms with Gasteiger partial charge in [0.05, 0.1) is 6.26 Å². The van der Waals surface area contributed by atoms with Crippen molar-refractivity contribution in [2.24, 2.45) is 0 Å². The molecular weight excluding hydrogens is 302 g/mol. The monoisotopic (exact) mass is 321 g/mol.